The molecule has 1 aromatic carbocycles. The van der Waals surface area contributed by atoms with E-state index in [1.807, 2.05) is 0 Å². The van der Waals surface area contributed by atoms with E-state index in [4.69, 9.17) is 33.7 Å². The van der Waals surface area contributed by atoms with Gasteiger partial charge >= 0.3 is 5.97 Å². The highest BCUT2D eigenvalue weighted by atomic mass is 35.5. The molecule has 0 aliphatic rings. The first kappa shape index (κ1) is 16.0. The summed E-state index contributed by atoms with van der Waals surface area (Å²) in [6, 6.07) is 4.95. The number of nitrogen functional groups attached to an aromatic ring is 1. The highest BCUT2D eigenvalue weighted by molar-refractivity contribution is 7.98. The Morgan fingerprint density at radius 1 is 1.48 bits per heavy atom. The van der Waals surface area contributed by atoms with Crippen LogP contribution in [0.3, 0.4) is 0 Å². The standard InChI is InChI=1S/C13H13Cl2N3O2S/c1-3-20-13(19)10-11(16)18(17-12(10)21-2)9-5-4-7(14)6-8(9)15/h4-6H,3,16H2,1-2H3. The summed E-state index contributed by atoms with van der Waals surface area (Å²) in [5.41, 5.74) is 6.84. The van der Waals surface area contributed by atoms with Gasteiger partial charge in [0, 0.05) is 5.02 Å². The molecule has 0 radical (unpaired) electrons. The Labute approximate surface area is 136 Å². The molecule has 2 aromatic rings. The molecule has 1 heterocycles. The summed E-state index contributed by atoms with van der Waals surface area (Å²) >= 11 is 13.3. The summed E-state index contributed by atoms with van der Waals surface area (Å²) < 4.78 is 6.42. The maximum atomic E-state index is 12.0. The Hall–Kier alpha value is -1.37. The van der Waals surface area contributed by atoms with E-state index < -0.39 is 5.97 Å². The lowest BCUT2D eigenvalue weighted by Gasteiger charge is -2.07. The topological polar surface area (TPSA) is 70.1 Å². The van der Waals surface area contributed by atoms with Crippen LogP contribution in [0.15, 0.2) is 23.2 Å². The normalized spacial score (nSPS) is 10.7. The van der Waals surface area contributed by atoms with Gasteiger partial charge in [-0.15, -0.1) is 11.8 Å². The molecule has 21 heavy (non-hydrogen) atoms. The van der Waals surface area contributed by atoms with E-state index in [1.54, 1.807) is 31.4 Å². The van der Waals surface area contributed by atoms with Crippen molar-refractivity contribution < 1.29 is 9.53 Å². The third kappa shape index (κ3) is 3.12. The highest BCUT2D eigenvalue weighted by Crippen LogP contribution is 2.31. The Balaban J connectivity index is 2.58. The molecule has 2 rings (SSSR count). The lowest BCUT2D eigenvalue weighted by atomic mass is 10.3. The molecule has 0 saturated carbocycles. The number of aromatic nitrogens is 2. The van der Waals surface area contributed by atoms with Crippen LogP contribution in [0, 0.1) is 0 Å². The van der Waals surface area contributed by atoms with Crippen LogP contribution in [0.5, 0.6) is 0 Å². The maximum Gasteiger partial charge on any atom is 0.344 e. The van der Waals surface area contributed by atoms with Gasteiger partial charge in [0.25, 0.3) is 0 Å². The summed E-state index contributed by atoms with van der Waals surface area (Å²) in [6.45, 7) is 1.99. The Kier molecular flexibility index (Phi) is 5.03. The number of nitrogens with zero attached hydrogens (tertiary/aromatic N) is 2. The molecule has 8 heteroatoms. The van der Waals surface area contributed by atoms with Gasteiger partial charge < -0.3 is 10.5 Å². The van der Waals surface area contributed by atoms with E-state index in [0.717, 1.165) is 0 Å². The van der Waals surface area contributed by atoms with E-state index in [-0.39, 0.29) is 18.0 Å². The van der Waals surface area contributed by atoms with Crippen molar-refractivity contribution in [1.29, 1.82) is 0 Å². The zero-order valence-corrected chi connectivity index (χ0v) is 13.7. The van der Waals surface area contributed by atoms with Gasteiger partial charge in [-0.05, 0) is 31.4 Å². The number of rotatable bonds is 4. The quantitative estimate of drug-likeness (QED) is 0.676. The third-order valence-electron chi connectivity index (χ3n) is 2.70. The SMILES string of the molecule is CCOC(=O)c1c(SC)nn(-c2ccc(Cl)cc2Cl)c1N. The lowest BCUT2D eigenvalue weighted by molar-refractivity contribution is 0.0523. The van der Waals surface area contributed by atoms with Crippen LogP contribution >= 0.6 is 35.0 Å². The molecular formula is C13H13Cl2N3O2S. The molecule has 5 nitrogen and oxygen atoms in total. The molecule has 1 aromatic heterocycles. The summed E-state index contributed by atoms with van der Waals surface area (Å²) in [7, 11) is 0. The van der Waals surface area contributed by atoms with Crippen LogP contribution in [0.1, 0.15) is 17.3 Å². The number of halogens is 2. The first-order valence-corrected chi connectivity index (χ1v) is 8.02. The van der Waals surface area contributed by atoms with Gasteiger partial charge in [-0.25, -0.2) is 9.48 Å². The number of carbonyl (C=O) groups excluding carboxylic acids is 1. The zero-order chi connectivity index (χ0) is 15.6. The molecular weight excluding hydrogens is 333 g/mol. The summed E-state index contributed by atoms with van der Waals surface area (Å²) in [4.78, 5) is 12.0. The zero-order valence-electron chi connectivity index (χ0n) is 11.4. The summed E-state index contributed by atoms with van der Waals surface area (Å²) in [5, 5.41) is 5.70. The number of esters is 1. The minimum Gasteiger partial charge on any atom is -0.462 e. The van der Waals surface area contributed by atoms with Crippen molar-refractivity contribution in [3.8, 4) is 5.69 Å². The predicted molar refractivity (Wildman–Crippen MR) is 85.7 cm³/mol. The van der Waals surface area contributed by atoms with Crippen molar-refractivity contribution in [2.24, 2.45) is 0 Å². The van der Waals surface area contributed by atoms with Crippen molar-refractivity contribution in [3.63, 3.8) is 0 Å². The molecule has 0 amide bonds. The van der Waals surface area contributed by atoms with Crippen molar-refractivity contribution >= 4 is 46.8 Å². The third-order valence-corrected chi connectivity index (χ3v) is 3.91. The fraction of sp³-hybridized carbons (Fsp3) is 0.231. The van der Waals surface area contributed by atoms with Crippen LogP contribution in [-0.2, 0) is 4.74 Å². The van der Waals surface area contributed by atoms with Gasteiger partial charge in [-0.3, -0.25) is 0 Å². The Morgan fingerprint density at radius 3 is 2.76 bits per heavy atom. The molecule has 112 valence electrons. The molecule has 0 aliphatic carbocycles. The van der Waals surface area contributed by atoms with Crippen molar-refractivity contribution in [2.45, 2.75) is 11.9 Å². The Morgan fingerprint density at radius 2 is 2.19 bits per heavy atom. The average Bonchev–Trinajstić information content (AvgIpc) is 2.76. The van der Waals surface area contributed by atoms with E-state index >= 15 is 0 Å². The van der Waals surface area contributed by atoms with Gasteiger partial charge in [0.15, 0.2) is 0 Å². The van der Waals surface area contributed by atoms with Crippen LogP contribution in [0.25, 0.3) is 5.69 Å². The molecule has 0 fully saturated rings. The van der Waals surface area contributed by atoms with E-state index in [0.29, 0.717) is 20.8 Å². The molecule has 2 N–H and O–H groups in total. The largest absolute Gasteiger partial charge is 0.462 e. The van der Waals surface area contributed by atoms with Gasteiger partial charge in [0.1, 0.15) is 16.4 Å². The number of ether oxygens (including phenoxy) is 1. The van der Waals surface area contributed by atoms with E-state index in [9.17, 15) is 4.79 Å². The van der Waals surface area contributed by atoms with Crippen LogP contribution < -0.4 is 5.73 Å². The fourth-order valence-electron chi connectivity index (χ4n) is 1.78. The second kappa shape index (κ2) is 6.60. The average molecular weight is 346 g/mol. The lowest BCUT2D eigenvalue weighted by Crippen LogP contribution is -2.09. The number of carbonyl (C=O) groups is 1. The first-order valence-electron chi connectivity index (χ1n) is 6.04. The monoisotopic (exact) mass is 345 g/mol. The molecule has 0 atom stereocenters. The smallest absolute Gasteiger partial charge is 0.344 e. The molecule has 0 bridgehead atoms. The molecule has 0 unspecified atom stereocenters. The molecule has 0 aliphatic heterocycles. The van der Waals surface area contributed by atoms with E-state index in [1.165, 1.54) is 16.4 Å². The summed E-state index contributed by atoms with van der Waals surface area (Å²) in [6.07, 6.45) is 1.80. The van der Waals surface area contributed by atoms with Crippen LogP contribution in [-0.4, -0.2) is 28.6 Å². The number of hydrogen-bond acceptors (Lipinski definition) is 5. The van der Waals surface area contributed by atoms with Crippen molar-refractivity contribution in [2.75, 3.05) is 18.6 Å². The van der Waals surface area contributed by atoms with Crippen molar-refractivity contribution in [1.82, 2.24) is 9.78 Å². The minimum absolute atomic E-state index is 0.182. The number of thioether (sulfide) groups is 1. The van der Waals surface area contributed by atoms with Gasteiger partial charge in [0.2, 0.25) is 0 Å². The Bertz CT molecular complexity index is 688. The summed E-state index contributed by atoms with van der Waals surface area (Å²) in [5.74, 6) is -0.322. The van der Waals surface area contributed by atoms with Gasteiger partial charge in [0.05, 0.1) is 17.3 Å². The predicted octanol–water partition coefficient (Wildman–Crippen LogP) is 3.66. The van der Waals surface area contributed by atoms with Crippen LogP contribution in [0.4, 0.5) is 5.82 Å². The maximum absolute atomic E-state index is 12.0. The second-order valence-corrected chi connectivity index (χ2v) is 5.64. The molecule has 0 saturated heterocycles. The number of nitrogens with two attached hydrogens (primary N) is 1. The number of anilines is 1. The minimum atomic E-state index is -0.504. The second-order valence-electron chi connectivity index (χ2n) is 4.00. The first-order chi connectivity index (χ1) is 9.99. The van der Waals surface area contributed by atoms with E-state index in [2.05, 4.69) is 5.10 Å². The highest BCUT2D eigenvalue weighted by Gasteiger charge is 2.24. The molecule has 0 spiro atoms. The fourth-order valence-corrected chi connectivity index (χ4v) is 2.83. The van der Waals surface area contributed by atoms with Gasteiger partial charge in [-0.1, -0.05) is 23.2 Å². The number of benzene rings is 1. The van der Waals surface area contributed by atoms with Crippen molar-refractivity contribution in [3.05, 3.63) is 33.8 Å². The number of hydrogen-bond donors (Lipinski definition) is 1. The van der Waals surface area contributed by atoms with Gasteiger partial charge in [-0.2, -0.15) is 5.10 Å². The van der Waals surface area contributed by atoms with Crippen LogP contribution in [0.2, 0.25) is 10.0 Å².